The monoisotopic (exact) mass is 450 g/mol. The molecule has 10 heteroatoms. The fourth-order valence-corrected chi connectivity index (χ4v) is 6.13. The lowest BCUT2D eigenvalue weighted by Gasteiger charge is -2.34. The Bertz CT molecular complexity index is 835. The van der Waals surface area contributed by atoms with Gasteiger partial charge in [-0.25, -0.2) is 12.7 Å². The smallest absolute Gasteiger partial charge is 0.310 e. The van der Waals surface area contributed by atoms with E-state index in [1.807, 2.05) is 0 Å². The summed E-state index contributed by atoms with van der Waals surface area (Å²) in [5.74, 6) is -0.782. The van der Waals surface area contributed by atoms with Crippen molar-refractivity contribution in [3.8, 4) is 0 Å². The summed E-state index contributed by atoms with van der Waals surface area (Å²) in [4.78, 5) is 17.6. The minimum Gasteiger partial charge on any atom is -0.466 e. The highest BCUT2D eigenvalue weighted by molar-refractivity contribution is 7.89. The predicted molar refractivity (Wildman–Crippen MR) is 107 cm³/mol. The number of carbonyl (C=O) groups is 1. The fraction of sp³-hybridized carbons (Fsp3) is 0.611. The lowest BCUT2D eigenvalue weighted by atomic mass is 10.0. The zero-order valence-corrected chi connectivity index (χ0v) is 18.1. The van der Waals surface area contributed by atoms with E-state index in [0.29, 0.717) is 35.0 Å². The summed E-state index contributed by atoms with van der Waals surface area (Å²) in [7, 11) is -2.02. The molecule has 0 amide bonds. The number of rotatable bonds is 5. The Morgan fingerprint density at radius 3 is 2.75 bits per heavy atom. The SMILES string of the molecule is CCOC(=O)[C@@H]1CCCN(S(=O)(=O)[C@H]2CON(C)[C@@H]2c2ccc(Cl)c(Cl)c2)C1. The van der Waals surface area contributed by atoms with Crippen molar-refractivity contribution >= 4 is 39.2 Å². The highest BCUT2D eigenvalue weighted by Crippen LogP contribution is 2.38. The van der Waals surface area contributed by atoms with Crippen LogP contribution in [-0.2, 0) is 24.4 Å². The van der Waals surface area contributed by atoms with Crippen LogP contribution in [0.4, 0.5) is 0 Å². The van der Waals surface area contributed by atoms with Crippen molar-refractivity contribution in [1.29, 1.82) is 0 Å². The lowest BCUT2D eigenvalue weighted by molar-refractivity contribution is -0.149. The van der Waals surface area contributed by atoms with E-state index in [0.717, 1.165) is 0 Å². The van der Waals surface area contributed by atoms with Crippen molar-refractivity contribution in [3.63, 3.8) is 0 Å². The molecule has 1 aromatic carbocycles. The molecule has 0 bridgehead atoms. The molecule has 2 heterocycles. The quantitative estimate of drug-likeness (QED) is 0.641. The molecule has 3 rings (SSSR count). The normalized spacial score (nSPS) is 27.1. The molecule has 0 aliphatic carbocycles. The minimum absolute atomic E-state index is 0.0321. The zero-order chi connectivity index (χ0) is 20.5. The average Bonchev–Trinajstić information content (AvgIpc) is 3.06. The fourth-order valence-electron chi connectivity index (χ4n) is 3.78. The van der Waals surface area contributed by atoms with E-state index < -0.39 is 27.2 Å². The molecule has 0 N–H and O–H groups in total. The van der Waals surface area contributed by atoms with Crippen molar-refractivity contribution in [1.82, 2.24) is 9.37 Å². The number of esters is 1. The van der Waals surface area contributed by atoms with E-state index >= 15 is 0 Å². The van der Waals surface area contributed by atoms with Crippen LogP contribution in [0.2, 0.25) is 10.0 Å². The van der Waals surface area contributed by atoms with Crippen molar-refractivity contribution in [2.45, 2.75) is 31.1 Å². The first-order valence-corrected chi connectivity index (χ1v) is 11.5. The Morgan fingerprint density at radius 1 is 1.32 bits per heavy atom. The molecule has 7 nitrogen and oxygen atoms in total. The second-order valence-corrected chi connectivity index (χ2v) is 9.96. The molecule has 1 aromatic rings. The van der Waals surface area contributed by atoms with Crippen LogP contribution in [0.25, 0.3) is 0 Å². The second kappa shape index (κ2) is 8.85. The molecule has 156 valence electrons. The first-order valence-electron chi connectivity index (χ1n) is 9.22. The number of hydroxylamine groups is 2. The number of hydrogen-bond donors (Lipinski definition) is 0. The predicted octanol–water partition coefficient (Wildman–Crippen LogP) is 2.89. The van der Waals surface area contributed by atoms with Crippen LogP contribution in [0.5, 0.6) is 0 Å². The molecule has 0 unspecified atom stereocenters. The average molecular weight is 451 g/mol. The highest BCUT2D eigenvalue weighted by atomic mass is 35.5. The van der Waals surface area contributed by atoms with Gasteiger partial charge in [-0.15, -0.1) is 0 Å². The van der Waals surface area contributed by atoms with Crippen LogP contribution in [0.1, 0.15) is 31.4 Å². The summed E-state index contributed by atoms with van der Waals surface area (Å²) < 4.78 is 33.3. The van der Waals surface area contributed by atoms with Gasteiger partial charge in [0.15, 0.2) is 0 Å². The summed E-state index contributed by atoms with van der Waals surface area (Å²) in [5, 5.41) is 1.49. The first kappa shape index (κ1) is 21.8. The Kier molecular flexibility index (Phi) is 6.89. The molecule has 0 aromatic heterocycles. The van der Waals surface area contributed by atoms with Gasteiger partial charge in [-0.05, 0) is 37.5 Å². The molecule has 0 spiro atoms. The zero-order valence-electron chi connectivity index (χ0n) is 15.8. The Hall–Kier alpha value is -0.900. The van der Waals surface area contributed by atoms with E-state index in [-0.39, 0.29) is 25.7 Å². The third-order valence-electron chi connectivity index (χ3n) is 5.22. The van der Waals surface area contributed by atoms with Gasteiger partial charge in [-0.2, -0.15) is 5.06 Å². The molecule has 0 radical (unpaired) electrons. The van der Waals surface area contributed by atoms with Gasteiger partial charge in [0.1, 0.15) is 5.25 Å². The maximum atomic E-state index is 13.4. The van der Waals surface area contributed by atoms with Gasteiger partial charge in [-0.3, -0.25) is 9.63 Å². The molecule has 0 saturated carbocycles. The second-order valence-electron chi connectivity index (χ2n) is 6.99. The van der Waals surface area contributed by atoms with E-state index in [9.17, 15) is 13.2 Å². The summed E-state index contributed by atoms with van der Waals surface area (Å²) in [6, 6.07) is 4.54. The van der Waals surface area contributed by atoms with Crippen LogP contribution in [0, 0.1) is 5.92 Å². The highest BCUT2D eigenvalue weighted by Gasteiger charge is 2.47. The third kappa shape index (κ3) is 4.32. The minimum atomic E-state index is -3.71. The largest absolute Gasteiger partial charge is 0.466 e. The molecule has 28 heavy (non-hydrogen) atoms. The summed E-state index contributed by atoms with van der Waals surface area (Å²) in [6.07, 6.45) is 1.24. The van der Waals surface area contributed by atoms with Crippen LogP contribution in [0.3, 0.4) is 0 Å². The van der Waals surface area contributed by atoms with Crippen LogP contribution in [0.15, 0.2) is 18.2 Å². The maximum Gasteiger partial charge on any atom is 0.310 e. The van der Waals surface area contributed by atoms with Crippen LogP contribution in [-0.4, -0.2) is 62.4 Å². The molecular weight excluding hydrogens is 427 g/mol. The van der Waals surface area contributed by atoms with Crippen LogP contribution >= 0.6 is 23.2 Å². The van der Waals surface area contributed by atoms with Crippen molar-refractivity contribution < 1.29 is 22.8 Å². The standard InChI is InChI=1S/C18H24Cl2N2O5S/c1-3-26-18(23)13-5-4-8-22(10-13)28(24,25)16-11-27-21(2)17(16)12-6-7-14(19)15(20)9-12/h6-7,9,13,16-17H,3-5,8,10-11H2,1-2H3/t13-,16+,17-/m1/s1. The number of benzene rings is 1. The van der Waals surface area contributed by atoms with Gasteiger partial charge in [0.25, 0.3) is 0 Å². The van der Waals surface area contributed by atoms with Crippen molar-refractivity contribution in [2.24, 2.45) is 5.92 Å². The summed E-state index contributed by atoms with van der Waals surface area (Å²) in [6.45, 7) is 2.57. The number of ether oxygens (including phenoxy) is 1. The Balaban J connectivity index is 1.85. The lowest BCUT2D eigenvalue weighted by Crippen LogP contribution is -2.48. The van der Waals surface area contributed by atoms with Crippen LogP contribution < -0.4 is 0 Å². The Morgan fingerprint density at radius 2 is 2.07 bits per heavy atom. The number of piperidine rings is 1. The van der Waals surface area contributed by atoms with Gasteiger partial charge < -0.3 is 4.74 Å². The van der Waals surface area contributed by atoms with Crippen molar-refractivity contribution in [2.75, 3.05) is 33.4 Å². The number of nitrogens with zero attached hydrogens (tertiary/aromatic N) is 2. The summed E-state index contributed by atoms with van der Waals surface area (Å²) in [5.41, 5.74) is 0.710. The molecular formula is C18H24Cl2N2O5S. The molecule has 2 aliphatic rings. The molecule has 2 aliphatic heterocycles. The number of hydrogen-bond acceptors (Lipinski definition) is 6. The number of sulfonamides is 1. The first-order chi connectivity index (χ1) is 13.3. The maximum absolute atomic E-state index is 13.4. The Labute approximate surface area is 175 Å². The van der Waals surface area contributed by atoms with Gasteiger partial charge in [0, 0.05) is 20.1 Å². The van der Waals surface area contributed by atoms with Gasteiger partial charge in [0.05, 0.1) is 35.2 Å². The van der Waals surface area contributed by atoms with E-state index in [4.69, 9.17) is 32.8 Å². The molecule has 3 atom stereocenters. The van der Waals surface area contributed by atoms with Gasteiger partial charge in [-0.1, -0.05) is 29.3 Å². The number of halogens is 2. The van der Waals surface area contributed by atoms with E-state index in [2.05, 4.69) is 0 Å². The van der Waals surface area contributed by atoms with Crippen molar-refractivity contribution in [3.05, 3.63) is 33.8 Å². The molecule has 2 fully saturated rings. The van der Waals surface area contributed by atoms with E-state index in [1.54, 1.807) is 32.2 Å². The van der Waals surface area contributed by atoms with E-state index in [1.165, 1.54) is 9.37 Å². The van der Waals surface area contributed by atoms with Gasteiger partial charge >= 0.3 is 5.97 Å². The number of carbonyl (C=O) groups excluding carboxylic acids is 1. The third-order valence-corrected chi connectivity index (χ3v) is 8.17. The topological polar surface area (TPSA) is 76.1 Å². The van der Waals surface area contributed by atoms with Gasteiger partial charge in [0.2, 0.25) is 10.0 Å². The summed E-state index contributed by atoms with van der Waals surface area (Å²) >= 11 is 12.1. The molecule has 2 saturated heterocycles.